The number of likely N-dealkylation sites (tertiary alicyclic amines) is 1. The number of piperidine rings is 1. The molecule has 22 heavy (non-hydrogen) atoms. The number of carbonyl (C=O) groups is 1. The average molecular weight is 358 g/mol. The Labute approximate surface area is 147 Å². The maximum absolute atomic E-state index is 11.9. The third-order valence-electron chi connectivity index (χ3n) is 3.75. The van der Waals surface area contributed by atoms with Gasteiger partial charge in [-0.2, -0.15) is 0 Å². The van der Waals surface area contributed by atoms with Crippen molar-refractivity contribution in [3.05, 3.63) is 0 Å². The first kappa shape index (κ1) is 24.2. The van der Waals surface area contributed by atoms with Gasteiger partial charge < -0.3 is 20.3 Å². The minimum atomic E-state index is 0. The highest BCUT2D eigenvalue weighted by Crippen LogP contribution is 2.11. The van der Waals surface area contributed by atoms with E-state index in [9.17, 15) is 4.79 Å². The monoisotopic (exact) mass is 357 g/mol. The molecular formula is C15H33Cl2N3O2. The number of halogens is 2. The molecule has 0 aliphatic carbocycles. The summed E-state index contributed by atoms with van der Waals surface area (Å²) in [7, 11) is 1.88. The first-order chi connectivity index (χ1) is 9.52. The Morgan fingerprint density at radius 2 is 1.82 bits per heavy atom. The van der Waals surface area contributed by atoms with E-state index in [1.165, 1.54) is 0 Å². The lowest BCUT2D eigenvalue weighted by atomic mass is 10.0. The molecule has 1 saturated heterocycles. The van der Waals surface area contributed by atoms with Crippen molar-refractivity contribution in [2.45, 2.75) is 45.8 Å². The Hall–Kier alpha value is -0.0700. The molecule has 0 spiro atoms. The number of ether oxygens (including phenoxy) is 1. The molecule has 1 aliphatic rings. The number of carbonyl (C=O) groups excluding carboxylic acids is 1. The lowest BCUT2D eigenvalue weighted by Gasteiger charge is -2.32. The van der Waals surface area contributed by atoms with Gasteiger partial charge in [-0.3, -0.25) is 4.79 Å². The highest BCUT2D eigenvalue weighted by molar-refractivity contribution is 5.85. The number of hydrogen-bond acceptors (Lipinski definition) is 4. The van der Waals surface area contributed by atoms with Crippen molar-refractivity contribution in [2.75, 3.05) is 39.8 Å². The molecule has 0 aromatic heterocycles. The minimum absolute atomic E-state index is 0. The van der Waals surface area contributed by atoms with Crippen molar-refractivity contribution >= 4 is 30.7 Å². The second-order valence-electron chi connectivity index (χ2n) is 6.00. The van der Waals surface area contributed by atoms with Crippen molar-refractivity contribution in [1.82, 2.24) is 15.5 Å². The average Bonchev–Trinajstić information content (AvgIpc) is 2.40. The fourth-order valence-corrected chi connectivity index (χ4v) is 2.46. The van der Waals surface area contributed by atoms with Crippen molar-refractivity contribution < 1.29 is 9.53 Å². The maximum atomic E-state index is 11.9. The first-order valence-electron chi connectivity index (χ1n) is 7.81. The molecule has 1 fully saturated rings. The second-order valence-corrected chi connectivity index (χ2v) is 6.00. The summed E-state index contributed by atoms with van der Waals surface area (Å²) in [5, 5.41) is 6.20. The smallest absolute Gasteiger partial charge is 0.224 e. The van der Waals surface area contributed by atoms with Crippen molar-refractivity contribution in [1.29, 1.82) is 0 Å². The van der Waals surface area contributed by atoms with E-state index in [4.69, 9.17) is 4.74 Å². The fraction of sp³-hybridized carbons (Fsp3) is 0.933. The molecule has 5 nitrogen and oxygen atoms in total. The van der Waals surface area contributed by atoms with Crippen LogP contribution in [0.4, 0.5) is 0 Å². The normalized spacial score (nSPS) is 17.5. The van der Waals surface area contributed by atoms with Gasteiger partial charge in [-0.15, -0.1) is 24.8 Å². The molecule has 0 bridgehead atoms. The van der Waals surface area contributed by atoms with Gasteiger partial charge in [0.1, 0.15) is 0 Å². The van der Waals surface area contributed by atoms with Gasteiger partial charge in [0, 0.05) is 38.1 Å². The molecule has 1 unspecified atom stereocenters. The van der Waals surface area contributed by atoms with Crippen LogP contribution in [0.25, 0.3) is 0 Å². The van der Waals surface area contributed by atoms with Gasteiger partial charge in [0.05, 0.1) is 12.7 Å². The van der Waals surface area contributed by atoms with E-state index in [0.29, 0.717) is 12.1 Å². The maximum Gasteiger partial charge on any atom is 0.224 e. The summed E-state index contributed by atoms with van der Waals surface area (Å²) in [5.41, 5.74) is 0. The van der Waals surface area contributed by atoms with Gasteiger partial charge in [0.25, 0.3) is 0 Å². The molecule has 2 N–H and O–H groups in total. The standard InChI is InChI=1S/C15H31N3O2.2ClH/c1-12(2)20-10-9-18-7-5-14(6-8-18)17-15(19)13(3)11-16-4;;/h12-14,16H,5-11H2,1-4H3,(H,17,19);2*1H. The van der Waals surface area contributed by atoms with Crippen LogP contribution in [-0.4, -0.2) is 62.8 Å². The Balaban J connectivity index is 0. The lowest BCUT2D eigenvalue weighted by Crippen LogP contribution is -2.47. The third kappa shape index (κ3) is 9.85. The van der Waals surface area contributed by atoms with Crippen LogP contribution in [0.1, 0.15) is 33.6 Å². The van der Waals surface area contributed by atoms with Crippen LogP contribution in [0, 0.1) is 5.92 Å². The zero-order valence-electron chi connectivity index (χ0n) is 14.3. The Morgan fingerprint density at radius 3 is 2.32 bits per heavy atom. The number of nitrogens with one attached hydrogen (secondary N) is 2. The molecule has 1 atom stereocenters. The summed E-state index contributed by atoms with van der Waals surface area (Å²) in [6, 6.07) is 0.337. The van der Waals surface area contributed by atoms with E-state index in [2.05, 4.69) is 29.4 Å². The summed E-state index contributed by atoms with van der Waals surface area (Å²) in [6.07, 6.45) is 2.39. The molecule has 1 heterocycles. The molecule has 0 radical (unpaired) electrons. The summed E-state index contributed by atoms with van der Waals surface area (Å²) in [6.45, 7) is 10.7. The number of nitrogens with zero attached hydrogens (tertiary/aromatic N) is 1. The van der Waals surface area contributed by atoms with Crippen LogP contribution < -0.4 is 10.6 Å². The van der Waals surface area contributed by atoms with E-state index in [1.807, 2.05) is 14.0 Å². The van der Waals surface area contributed by atoms with Gasteiger partial charge in [-0.05, 0) is 33.7 Å². The van der Waals surface area contributed by atoms with E-state index < -0.39 is 0 Å². The summed E-state index contributed by atoms with van der Waals surface area (Å²) < 4.78 is 5.58. The predicted molar refractivity (Wildman–Crippen MR) is 96.3 cm³/mol. The first-order valence-corrected chi connectivity index (χ1v) is 7.81. The Morgan fingerprint density at radius 1 is 1.23 bits per heavy atom. The largest absolute Gasteiger partial charge is 0.377 e. The van der Waals surface area contributed by atoms with Crippen LogP contribution >= 0.6 is 24.8 Å². The number of hydrogen-bond donors (Lipinski definition) is 2. The van der Waals surface area contributed by atoms with E-state index >= 15 is 0 Å². The summed E-state index contributed by atoms with van der Waals surface area (Å²) in [5.74, 6) is 0.207. The molecule has 7 heteroatoms. The highest BCUT2D eigenvalue weighted by Gasteiger charge is 2.22. The number of rotatable bonds is 8. The predicted octanol–water partition coefficient (Wildman–Crippen LogP) is 1.69. The van der Waals surface area contributed by atoms with Crippen molar-refractivity contribution in [3.63, 3.8) is 0 Å². The molecule has 1 amide bonds. The van der Waals surface area contributed by atoms with E-state index in [0.717, 1.165) is 45.6 Å². The molecule has 1 rings (SSSR count). The van der Waals surface area contributed by atoms with Crippen LogP contribution in [0.5, 0.6) is 0 Å². The molecule has 134 valence electrons. The third-order valence-corrected chi connectivity index (χ3v) is 3.75. The van der Waals surface area contributed by atoms with Gasteiger partial charge in [0.2, 0.25) is 5.91 Å². The summed E-state index contributed by atoms with van der Waals surface area (Å²) in [4.78, 5) is 14.4. The van der Waals surface area contributed by atoms with Gasteiger partial charge in [-0.1, -0.05) is 6.92 Å². The van der Waals surface area contributed by atoms with Crippen LogP contribution in [0.2, 0.25) is 0 Å². The zero-order chi connectivity index (χ0) is 15.0. The molecule has 0 aromatic rings. The molecule has 0 aromatic carbocycles. The van der Waals surface area contributed by atoms with Crippen LogP contribution in [-0.2, 0) is 9.53 Å². The topological polar surface area (TPSA) is 53.6 Å². The Bertz CT molecular complexity index is 286. The van der Waals surface area contributed by atoms with Gasteiger partial charge in [0.15, 0.2) is 0 Å². The minimum Gasteiger partial charge on any atom is -0.377 e. The quantitative estimate of drug-likeness (QED) is 0.693. The van der Waals surface area contributed by atoms with Gasteiger partial charge in [-0.25, -0.2) is 0 Å². The van der Waals surface area contributed by atoms with Crippen molar-refractivity contribution in [2.24, 2.45) is 5.92 Å². The lowest BCUT2D eigenvalue weighted by molar-refractivity contribution is -0.125. The van der Waals surface area contributed by atoms with Crippen LogP contribution in [0.3, 0.4) is 0 Å². The molecule has 1 aliphatic heterocycles. The summed E-state index contributed by atoms with van der Waals surface area (Å²) >= 11 is 0. The SMILES string of the molecule is CNCC(C)C(=O)NC1CCN(CCOC(C)C)CC1.Cl.Cl. The van der Waals surface area contributed by atoms with E-state index in [1.54, 1.807) is 0 Å². The van der Waals surface area contributed by atoms with Gasteiger partial charge >= 0.3 is 0 Å². The Kier molecular flexibility index (Phi) is 14.7. The fourth-order valence-electron chi connectivity index (χ4n) is 2.46. The molecular weight excluding hydrogens is 325 g/mol. The zero-order valence-corrected chi connectivity index (χ0v) is 15.9. The van der Waals surface area contributed by atoms with E-state index in [-0.39, 0.29) is 36.6 Å². The number of amides is 1. The van der Waals surface area contributed by atoms with Crippen LogP contribution in [0.15, 0.2) is 0 Å². The highest BCUT2D eigenvalue weighted by atomic mass is 35.5. The molecule has 0 saturated carbocycles. The second kappa shape index (κ2) is 13.4. The van der Waals surface area contributed by atoms with Crippen molar-refractivity contribution in [3.8, 4) is 0 Å².